The number of carboxylic acid groups (broad SMARTS) is 2. The summed E-state index contributed by atoms with van der Waals surface area (Å²) in [4.78, 5) is 15.1. The minimum Gasteiger partial charge on any atom is -0.478 e. The monoisotopic (exact) mass is 242 g/mol. The summed E-state index contributed by atoms with van der Waals surface area (Å²) in [7, 11) is 0. The lowest BCUT2D eigenvalue weighted by molar-refractivity contribution is -0.154. The van der Waals surface area contributed by atoms with Gasteiger partial charge in [-0.25, -0.2) is 9.59 Å². The third-order valence-electron chi connectivity index (χ3n) is 1.43. The van der Waals surface area contributed by atoms with Gasteiger partial charge in [0.05, 0.1) is 13.2 Å². The second-order valence-electron chi connectivity index (χ2n) is 2.60. The van der Waals surface area contributed by atoms with E-state index in [0.29, 0.717) is 0 Å². The summed E-state index contributed by atoms with van der Waals surface area (Å²) < 4.78 is 0. The molecule has 0 fully saturated rings. The van der Waals surface area contributed by atoms with Crippen molar-refractivity contribution >= 4 is 23.7 Å². The number of thioether (sulfide) groups is 1. The number of aliphatic carboxylic acids is 2. The Kier molecular flexibility index (Phi) is 4.49. The third kappa shape index (κ3) is 3.04. The first-order chi connectivity index (χ1) is 6.72. The lowest BCUT2D eigenvalue weighted by Gasteiger charge is -2.28. The fourth-order valence-electron chi connectivity index (χ4n) is 0.566. The second-order valence-corrected chi connectivity index (χ2v) is 4.15. The molecule has 88 valence electrons. The summed E-state index contributed by atoms with van der Waals surface area (Å²) in [5.74, 6) is -3.86. The zero-order chi connectivity index (χ0) is 12.3. The Balaban J connectivity index is 4.95. The number of carboxylic acids is 2. The fraction of sp³-hybridized carbons (Fsp3) is 0.667. The van der Waals surface area contributed by atoms with Crippen molar-refractivity contribution in [3.63, 3.8) is 0 Å². The topological polar surface area (TPSA) is 156 Å². The number of rotatable bonds is 6. The zero-order valence-corrected chi connectivity index (χ0v) is 8.14. The van der Waals surface area contributed by atoms with Crippen LogP contribution >= 0.6 is 11.8 Å². The molecule has 0 radical (unpaired) electrons. The number of carbonyl (C=O) groups is 2. The molecule has 15 heavy (non-hydrogen) atoms. The van der Waals surface area contributed by atoms with Crippen molar-refractivity contribution in [3.8, 4) is 0 Å². The molecule has 0 spiro atoms. The maximum atomic E-state index is 10.5. The normalized spacial score (nSPS) is 18.9. The average molecular weight is 242 g/mol. The summed E-state index contributed by atoms with van der Waals surface area (Å²) >= 11 is -0.377. The smallest absolute Gasteiger partial charge is 0.349 e. The lowest BCUT2D eigenvalue weighted by Crippen LogP contribution is -2.49. The van der Waals surface area contributed by atoms with Gasteiger partial charge in [-0.05, 0) is 0 Å². The molecule has 0 rings (SSSR count). The third-order valence-corrected chi connectivity index (χ3v) is 2.72. The maximum absolute atomic E-state index is 10.5. The Bertz CT molecular complexity index is 242. The summed E-state index contributed by atoms with van der Waals surface area (Å²) in [6.45, 7) is -2.63. The van der Waals surface area contributed by atoms with Crippen LogP contribution in [0.3, 0.4) is 0 Å². The van der Waals surface area contributed by atoms with E-state index in [9.17, 15) is 19.8 Å². The predicted molar refractivity (Wildman–Crippen MR) is 46.9 cm³/mol. The maximum Gasteiger partial charge on any atom is 0.349 e. The van der Waals surface area contributed by atoms with Gasteiger partial charge in [0.2, 0.25) is 9.87 Å². The Morgan fingerprint density at radius 1 is 0.933 bits per heavy atom. The standard InChI is InChI=1S/C6H10O8S/c7-1-5(13,3(9)10)15-6(14,2-8)4(11)12/h7-8,13-14H,1-2H2,(H,9,10)(H,11,12). The molecule has 0 aliphatic rings. The van der Waals surface area contributed by atoms with E-state index in [1.54, 1.807) is 0 Å². The molecule has 0 heterocycles. The molecule has 0 saturated carbocycles. The summed E-state index contributed by atoms with van der Waals surface area (Å²) in [6, 6.07) is 0. The van der Waals surface area contributed by atoms with Crippen molar-refractivity contribution in [2.75, 3.05) is 13.2 Å². The molecule has 0 aliphatic heterocycles. The van der Waals surface area contributed by atoms with Crippen molar-refractivity contribution in [3.05, 3.63) is 0 Å². The Hall–Kier alpha value is -0.870. The van der Waals surface area contributed by atoms with Crippen molar-refractivity contribution in [2.24, 2.45) is 0 Å². The number of aliphatic hydroxyl groups is 4. The SMILES string of the molecule is O=C(O)C(O)(CO)SC(O)(CO)C(=O)O. The van der Waals surface area contributed by atoms with Crippen molar-refractivity contribution in [2.45, 2.75) is 9.87 Å². The summed E-state index contributed by atoms with van der Waals surface area (Å²) in [6.07, 6.45) is 0. The highest BCUT2D eigenvalue weighted by molar-refractivity contribution is 8.03. The van der Waals surface area contributed by atoms with Gasteiger partial charge < -0.3 is 30.6 Å². The Labute approximate surface area is 87.8 Å². The van der Waals surface area contributed by atoms with Crippen LogP contribution < -0.4 is 0 Å². The molecule has 2 unspecified atom stereocenters. The van der Waals surface area contributed by atoms with E-state index in [4.69, 9.17) is 20.4 Å². The molecule has 0 saturated heterocycles. The first-order valence-electron chi connectivity index (χ1n) is 3.55. The fourth-order valence-corrected chi connectivity index (χ4v) is 1.43. The quantitative estimate of drug-likeness (QED) is 0.272. The Morgan fingerprint density at radius 3 is 1.33 bits per heavy atom. The highest BCUT2D eigenvalue weighted by atomic mass is 32.2. The molecule has 0 amide bonds. The number of hydrogen-bond acceptors (Lipinski definition) is 7. The highest BCUT2D eigenvalue weighted by Gasteiger charge is 2.49. The highest BCUT2D eigenvalue weighted by Crippen LogP contribution is 2.33. The van der Waals surface area contributed by atoms with Crippen molar-refractivity contribution in [1.29, 1.82) is 0 Å². The molecule has 6 N–H and O–H groups in total. The first-order valence-corrected chi connectivity index (χ1v) is 4.37. The van der Waals surface area contributed by atoms with Crippen LogP contribution in [0.15, 0.2) is 0 Å². The number of hydrogen-bond donors (Lipinski definition) is 6. The van der Waals surface area contributed by atoms with E-state index >= 15 is 0 Å². The van der Waals surface area contributed by atoms with Crippen LogP contribution in [0.5, 0.6) is 0 Å². The molecular formula is C6H10O8S. The average Bonchev–Trinajstić information content (AvgIpc) is 2.16. The molecular weight excluding hydrogens is 232 g/mol. The van der Waals surface area contributed by atoms with Gasteiger partial charge in [-0.15, -0.1) is 0 Å². The molecule has 0 aliphatic carbocycles. The lowest BCUT2D eigenvalue weighted by atomic mass is 10.4. The van der Waals surface area contributed by atoms with Gasteiger partial charge in [0, 0.05) is 0 Å². The van der Waals surface area contributed by atoms with Crippen LogP contribution in [-0.4, -0.2) is 65.7 Å². The molecule has 0 aromatic heterocycles. The van der Waals surface area contributed by atoms with Crippen LogP contribution in [-0.2, 0) is 9.59 Å². The van der Waals surface area contributed by atoms with E-state index in [-0.39, 0.29) is 11.8 Å². The van der Waals surface area contributed by atoms with E-state index in [2.05, 4.69) is 0 Å². The van der Waals surface area contributed by atoms with Gasteiger partial charge in [0.15, 0.2) is 0 Å². The van der Waals surface area contributed by atoms with Gasteiger partial charge in [-0.3, -0.25) is 0 Å². The van der Waals surface area contributed by atoms with Crippen molar-refractivity contribution < 1.29 is 40.2 Å². The molecule has 2 atom stereocenters. The number of aliphatic hydroxyl groups excluding tert-OH is 2. The minimum absolute atomic E-state index is 0.377. The molecule has 0 aromatic carbocycles. The Morgan fingerprint density at radius 2 is 1.20 bits per heavy atom. The van der Waals surface area contributed by atoms with Crippen LogP contribution in [0.4, 0.5) is 0 Å². The summed E-state index contributed by atoms with van der Waals surface area (Å²) in [5, 5.41) is 52.4. The van der Waals surface area contributed by atoms with Crippen molar-refractivity contribution in [1.82, 2.24) is 0 Å². The van der Waals surface area contributed by atoms with Crippen LogP contribution in [0.2, 0.25) is 0 Å². The van der Waals surface area contributed by atoms with Crippen LogP contribution in [0.1, 0.15) is 0 Å². The van der Waals surface area contributed by atoms with E-state index in [0.717, 1.165) is 0 Å². The van der Waals surface area contributed by atoms with Crippen LogP contribution in [0.25, 0.3) is 0 Å². The van der Waals surface area contributed by atoms with Gasteiger partial charge in [-0.2, -0.15) is 0 Å². The first kappa shape index (κ1) is 14.1. The molecule has 8 nitrogen and oxygen atoms in total. The van der Waals surface area contributed by atoms with Gasteiger partial charge >= 0.3 is 11.9 Å². The molecule has 0 aromatic rings. The van der Waals surface area contributed by atoms with E-state index in [1.807, 2.05) is 0 Å². The van der Waals surface area contributed by atoms with Gasteiger partial charge in [0.1, 0.15) is 0 Å². The van der Waals surface area contributed by atoms with E-state index < -0.39 is 35.0 Å². The zero-order valence-electron chi connectivity index (χ0n) is 7.32. The van der Waals surface area contributed by atoms with Gasteiger partial charge in [-0.1, -0.05) is 11.8 Å². The van der Waals surface area contributed by atoms with Gasteiger partial charge in [0.25, 0.3) is 0 Å². The predicted octanol–water partition coefficient (Wildman–Crippen LogP) is -2.75. The second kappa shape index (κ2) is 4.77. The minimum atomic E-state index is -2.89. The molecule has 0 bridgehead atoms. The van der Waals surface area contributed by atoms with E-state index in [1.165, 1.54) is 0 Å². The largest absolute Gasteiger partial charge is 0.478 e. The van der Waals surface area contributed by atoms with Crippen LogP contribution in [0, 0.1) is 0 Å². The summed E-state index contributed by atoms with van der Waals surface area (Å²) in [5.41, 5.74) is 0. The molecule has 9 heteroatoms.